The van der Waals surface area contributed by atoms with E-state index in [0.717, 1.165) is 29.2 Å². The van der Waals surface area contributed by atoms with Crippen molar-refractivity contribution in [3.63, 3.8) is 0 Å². The molecule has 2 aliphatic rings. The van der Waals surface area contributed by atoms with Gasteiger partial charge in [-0.05, 0) is 42.5 Å². The molecule has 0 aliphatic heterocycles. The van der Waals surface area contributed by atoms with E-state index in [0.29, 0.717) is 0 Å². The Bertz CT molecular complexity index is 1140. The summed E-state index contributed by atoms with van der Waals surface area (Å²) in [6.07, 6.45) is 8.06. The van der Waals surface area contributed by atoms with E-state index in [9.17, 15) is 9.18 Å². The van der Waals surface area contributed by atoms with Gasteiger partial charge in [-0.2, -0.15) is 4.98 Å². The lowest BCUT2D eigenvalue weighted by Crippen LogP contribution is -2.41. The molecule has 1 saturated carbocycles. The number of benzene rings is 1. The van der Waals surface area contributed by atoms with Crippen molar-refractivity contribution in [1.29, 1.82) is 0 Å². The highest BCUT2D eigenvalue weighted by Gasteiger charge is 2.47. The number of carbonyl (C=O) groups is 1. The van der Waals surface area contributed by atoms with Gasteiger partial charge in [-0.3, -0.25) is 4.79 Å². The van der Waals surface area contributed by atoms with E-state index >= 15 is 0 Å². The van der Waals surface area contributed by atoms with E-state index in [2.05, 4.69) is 26.7 Å². The number of carbonyl (C=O) groups excluding carboxylic acids is 1. The molecule has 2 aromatic heterocycles. The van der Waals surface area contributed by atoms with Crippen LogP contribution < -0.4 is 16.4 Å². The SMILES string of the molecule is Cn1ccc2cc(Nc3ncc(F)c(NC4C5C=CC(C5)C4C(N)=O)n3)ccc21. The molecular weight excluding hydrogens is 371 g/mol. The Hall–Kier alpha value is -3.42. The van der Waals surface area contributed by atoms with Crippen LogP contribution in [0.5, 0.6) is 0 Å². The zero-order valence-corrected chi connectivity index (χ0v) is 15.8. The first-order valence-electron chi connectivity index (χ1n) is 9.58. The predicted molar refractivity (Wildman–Crippen MR) is 109 cm³/mol. The molecular formula is C21H21FN6O. The van der Waals surface area contributed by atoms with E-state index in [-0.39, 0.29) is 41.5 Å². The van der Waals surface area contributed by atoms with Crippen molar-refractivity contribution in [2.75, 3.05) is 10.6 Å². The first-order valence-corrected chi connectivity index (χ1v) is 9.58. The summed E-state index contributed by atoms with van der Waals surface area (Å²) in [5, 5.41) is 7.31. The van der Waals surface area contributed by atoms with Gasteiger partial charge in [0.05, 0.1) is 12.1 Å². The fourth-order valence-corrected chi connectivity index (χ4v) is 4.58. The highest BCUT2D eigenvalue weighted by Crippen LogP contribution is 2.44. The molecule has 2 heterocycles. The zero-order chi connectivity index (χ0) is 20.1. The molecule has 148 valence electrons. The van der Waals surface area contributed by atoms with E-state index in [1.54, 1.807) is 0 Å². The van der Waals surface area contributed by atoms with Crippen molar-refractivity contribution in [2.24, 2.45) is 30.5 Å². The smallest absolute Gasteiger partial charge is 0.229 e. The number of aromatic nitrogens is 3. The van der Waals surface area contributed by atoms with Gasteiger partial charge in [0.25, 0.3) is 0 Å². The molecule has 0 radical (unpaired) electrons. The van der Waals surface area contributed by atoms with Crippen molar-refractivity contribution in [3.8, 4) is 0 Å². The summed E-state index contributed by atoms with van der Waals surface area (Å²) in [4.78, 5) is 20.3. The van der Waals surface area contributed by atoms with Gasteiger partial charge >= 0.3 is 0 Å². The molecule has 1 fully saturated rings. The minimum atomic E-state index is -0.566. The first-order chi connectivity index (χ1) is 14.0. The Kier molecular flexibility index (Phi) is 4.01. The summed E-state index contributed by atoms with van der Waals surface area (Å²) in [7, 11) is 1.99. The van der Waals surface area contributed by atoms with Gasteiger partial charge in [0.1, 0.15) is 0 Å². The number of allylic oxidation sites excluding steroid dienone is 1. The molecule has 2 aliphatic carbocycles. The quantitative estimate of drug-likeness (QED) is 0.580. The van der Waals surface area contributed by atoms with Gasteiger partial charge in [0, 0.05) is 35.9 Å². The Morgan fingerprint density at radius 2 is 2.10 bits per heavy atom. The zero-order valence-electron chi connectivity index (χ0n) is 15.8. The number of nitrogens with zero attached hydrogens (tertiary/aromatic N) is 3. The Morgan fingerprint density at radius 1 is 1.28 bits per heavy atom. The number of amides is 1. The number of hydrogen-bond acceptors (Lipinski definition) is 5. The van der Waals surface area contributed by atoms with Crippen molar-refractivity contribution >= 4 is 34.3 Å². The topological polar surface area (TPSA) is 97.9 Å². The predicted octanol–water partition coefficient (Wildman–Crippen LogP) is 2.94. The molecule has 2 bridgehead atoms. The molecule has 4 atom stereocenters. The van der Waals surface area contributed by atoms with Crippen molar-refractivity contribution < 1.29 is 9.18 Å². The summed E-state index contributed by atoms with van der Waals surface area (Å²) in [5.41, 5.74) is 7.51. The van der Waals surface area contributed by atoms with E-state index in [1.807, 2.05) is 48.2 Å². The van der Waals surface area contributed by atoms with E-state index in [4.69, 9.17) is 5.73 Å². The summed E-state index contributed by atoms with van der Waals surface area (Å²) in [6, 6.07) is 7.66. The maximum absolute atomic E-state index is 14.4. The minimum absolute atomic E-state index is 0.0699. The maximum Gasteiger partial charge on any atom is 0.229 e. The number of nitrogens with two attached hydrogens (primary N) is 1. The lowest BCUT2D eigenvalue weighted by molar-refractivity contribution is -0.122. The van der Waals surface area contributed by atoms with Gasteiger partial charge in [0.15, 0.2) is 11.6 Å². The lowest BCUT2D eigenvalue weighted by Gasteiger charge is -2.27. The highest BCUT2D eigenvalue weighted by molar-refractivity contribution is 5.84. The van der Waals surface area contributed by atoms with Crippen LogP contribution in [0.2, 0.25) is 0 Å². The van der Waals surface area contributed by atoms with Gasteiger partial charge < -0.3 is 20.9 Å². The molecule has 0 saturated heterocycles. The third kappa shape index (κ3) is 3.00. The number of aryl methyl sites for hydroxylation is 1. The number of nitrogens with one attached hydrogen (secondary N) is 2. The number of fused-ring (bicyclic) bond motifs is 3. The van der Waals surface area contributed by atoms with Gasteiger partial charge in [-0.1, -0.05) is 12.2 Å². The number of hydrogen-bond donors (Lipinski definition) is 3. The fourth-order valence-electron chi connectivity index (χ4n) is 4.58. The van der Waals surface area contributed by atoms with Crippen LogP contribution in [0.15, 0.2) is 48.8 Å². The number of primary amides is 1. The van der Waals surface area contributed by atoms with Crippen LogP contribution in [0.1, 0.15) is 6.42 Å². The van der Waals surface area contributed by atoms with Crippen molar-refractivity contribution in [1.82, 2.24) is 14.5 Å². The Labute approximate surface area is 166 Å². The summed E-state index contributed by atoms with van der Waals surface area (Å²) in [6.45, 7) is 0. The second-order valence-electron chi connectivity index (χ2n) is 7.76. The second-order valence-corrected chi connectivity index (χ2v) is 7.76. The maximum atomic E-state index is 14.4. The van der Waals surface area contributed by atoms with Gasteiger partial charge in [-0.25, -0.2) is 9.37 Å². The third-order valence-electron chi connectivity index (χ3n) is 5.98. The standard InChI is InChI=1S/C21H21FN6O/c1-28-7-6-11-9-14(4-5-16(11)28)25-21-24-10-15(22)20(27-21)26-18-13-3-2-12(8-13)17(18)19(23)29/h2-7,9-10,12-13,17-18H,8H2,1H3,(H2,23,29)(H2,24,25,26,27). The Balaban J connectivity index is 1.39. The molecule has 4 unspecified atom stereocenters. The average molecular weight is 392 g/mol. The van der Waals surface area contributed by atoms with Gasteiger partial charge in [-0.15, -0.1) is 0 Å². The molecule has 29 heavy (non-hydrogen) atoms. The molecule has 7 nitrogen and oxygen atoms in total. The summed E-state index contributed by atoms with van der Waals surface area (Å²) in [5.74, 6) is -0.707. The fraction of sp³-hybridized carbons (Fsp3) is 0.286. The molecule has 3 aromatic rings. The van der Waals surface area contributed by atoms with Crippen molar-refractivity contribution in [3.05, 3.63) is 54.6 Å². The second kappa shape index (κ2) is 6.58. The number of rotatable bonds is 5. The van der Waals surface area contributed by atoms with Crippen LogP contribution in [-0.2, 0) is 11.8 Å². The first kappa shape index (κ1) is 17.7. The summed E-state index contributed by atoms with van der Waals surface area (Å²) >= 11 is 0. The van der Waals surface area contributed by atoms with Gasteiger partial charge in [0.2, 0.25) is 11.9 Å². The van der Waals surface area contributed by atoms with Crippen molar-refractivity contribution in [2.45, 2.75) is 12.5 Å². The molecule has 5 rings (SSSR count). The van der Waals surface area contributed by atoms with Crippen LogP contribution in [0, 0.1) is 23.6 Å². The minimum Gasteiger partial charge on any atom is -0.369 e. The van der Waals surface area contributed by atoms with Crippen LogP contribution >= 0.6 is 0 Å². The van der Waals surface area contributed by atoms with Crippen LogP contribution in [0.25, 0.3) is 10.9 Å². The Morgan fingerprint density at radius 3 is 2.93 bits per heavy atom. The number of halogens is 1. The lowest BCUT2D eigenvalue weighted by atomic mass is 9.88. The highest BCUT2D eigenvalue weighted by atomic mass is 19.1. The molecule has 1 amide bonds. The molecule has 1 aromatic carbocycles. The number of anilines is 3. The summed E-state index contributed by atoms with van der Waals surface area (Å²) < 4.78 is 16.4. The normalized spacial score (nSPS) is 24.9. The van der Waals surface area contributed by atoms with E-state index < -0.39 is 5.82 Å². The third-order valence-corrected chi connectivity index (χ3v) is 5.98. The average Bonchev–Trinajstić information content (AvgIpc) is 3.39. The van der Waals surface area contributed by atoms with Crippen LogP contribution in [0.3, 0.4) is 0 Å². The monoisotopic (exact) mass is 392 g/mol. The van der Waals surface area contributed by atoms with Crippen LogP contribution in [-0.4, -0.2) is 26.5 Å². The molecule has 0 spiro atoms. The molecule has 8 heteroatoms. The van der Waals surface area contributed by atoms with E-state index in [1.165, 1.54) is 0 Å². The largest absolute Gasteiger partial charge is 0.369 e. The van der Waals surface area contributed by atoms with Crippen LogP contribution in [0.4, 0.5) is 21.8 Å². The molecule has 4 N–H and O–H groups in total.